The van der Waals surface area contributed by atoms with Crippen LogP contribution in [0.4, 0.5) is 0 Å². The monoisotopic (exact) mass is 688 g/mol. The van der Waals surface area contributed by atoms with Crippen molar-refractivity contribution in [2.24, 2.45) is 7.05 Å². The summed E-state index contributed by atoms with van der Waals surface area (Å²) < 4.78 is 20.2. The summed E-state index contributed by atoms with van der Waals surface area (Å²) in [6.45, 7) is 13.6. The Balaban J connectivity index is 1.33. The van der Waals surface area contributed by atoms with Crippen LogP contribution in [0.15, 0.2) is 36.5 Å². The van der Waals surface area contributed by atoms with Gasteiger partial charge in [0.25, 0.3) is 0 Å². The van der Waals surface area contributed by atoms with Gasteiger partial charge in [-0.15, -0.1) is 11.3 Å². The summed E-state index contributed by atoms with van der Waals surface area (Å²) >= 11 is 7.85. The molecule has 3 aromatic heterocycles. The third-order valence-electron chi connectivity index (χ3n) is 9.13. The Morgan fingerprint density at radius 2 is 1.88 bits per heavy atom. The smallest absolute Gasteiger partial charge is 0.339 e. The highest BCUT2D eigenvalue weighted by Gasteiger charge is 2.35. The molecule has 0 saturated carbocycles. The van der Waals surface area contributed by atoms with Crippen LogP contribution in [0, 0.1) is 6.92 Å². The van der Waals surface area contributed by atoms with E-state index in [0.29, 0.717) is 22.7 Å². The van der Waals surface area contributed by atoms with Gasteiger partial charge in [-0.2, -0.15) is 5.10 Å². The fourth-order valence-electron chi connectivity index (χ4n) is 6.76. The summed E-state index contributed by atoms with van der Waals surface area (Å²) in [5, 5.41) is 6.29. The molecular formula is C36H41ClN6O4S. The van der Waals surface area contributed by atoms with E-state index in [1.807, 2.05) is 69.8 Å². The topological polar surface area (TPSA) is 104 Å². The van der Waals surface area contributed by atoms with E-state index in [-0.39, 0.29) is 6.61 Å². The van der Waals surface area contributed by atoms with Gasteiger partial charge in [0.1, 0.15) is 16.2 Å². The van der Waals surface area contributed by atoms with E-state index < -0.39 is 17.7 Å². The Morgan fingerprint density at radius 1 is 1.15 bits per heavy atom. The van der Waals surface area contributed by atoms with Crippen LogP contribution in [0.5, 0.6) is 0 Å². The zero-order chi connectivity index (χ0) is 33.7. The number of carbonyl (C=O) groups is 1. The molecule has 0 bridgehead atoms. The molecule has 2 saturated heterocycles. The van der Waals surface area contributed by atoms with Crippen LogP contribution < -0.4 is 0 Å². The molecule has 5 aromatic rings. The Kier molecular flexibility index (Phi) is 9.01. The maximum Gasteiger partial charge on any atom is 0.339 e. The minimum Gasteiger partial charge on any atom is -0.464 e. The number of nitrogens with zero attached hydrogens (tertiary/aromatic N) is 6. The predicted octanol–water partition coefficient (Wildman–Crippen LogP) is 7.27. The predicted molar refractivity (Wildman–Crippen MR) is 188 cm³/mol. The largest absolute Gasteiger partial charge is 0.464 e. The van der Waals surface area contributed by atoms with Crippen molar-refractivity contribution in [3.8, 4) is 21.8 Å². The lowest BCUT2D eigenvalue weighted by Crippen LogP contribution is -2.51. The Bertz CT molecular complexity index is 1970. The van der Waals surface area contributed by atoms with Crippen LogP contribution in [-0.4, -0.2) is 80.2 Å². The van der Waals surface area contributed by atoms with E-state index in [4.69, 9.17) is 45.9 Å². The van der Waals surface area contributed by atoms with Gasteiger partial charge >= 0.3 is 5.97 Å². The van der Waals surface area contributed by atoms with Crippen molar-refractivity contribution in [3.63, 3.8) is 0 Å². The van der Waals surface area contributed by atoms with E-state index >= 15 is 0 Å². The summed E-state index contributed by atoms with van der Waals surface area (Å²) in [5.41, 5.74) is 6.89. The molecular weight excluding hydrogens is 648 g/mol. The number of ether oxygens (including phenoxy) is 3. The second kappa shape index (κ2) is 13.1. The molecule has 2 aliphatic heterocycles. The number of thiazole rings is 1. The molecule has 10 nitrogen and oxygen atoms in total. The molecule has 0 radical (unpaired) electrons. The first-order valence-corrected chi connectivity index (χ1v) is 17.8. The second-order valence-corrected chi connectivity index (χ2v) is 15.1. The number of likely N-dealkylation sites (tertiary alicyclic amines) is 1. The van der Waals surface area contributed by atoms with Gasteiger partial charge in [0.2, 0.25) is 0 Å². The minimum atomic E-state index is -0.942. The average Bonchev–Trinajstić information content (AvgIpc) is 3.59. The molecule has 5 heterocycles. The van der Waals surface area contributed by atoms with Gasteiger partial charge in [-0.3, -0.25) is 4.90 Å². The maximum absolute atomic E-state index is 13.5. The maximum atomic E-state index is 13.5. The molecule has 48 heavy (non-hydrogen) atoms. The summed E-state index contributed by atoms with van der Waals surface area (Å²) in [6.07, 6.45) is 2.90. The fourth-order valence-corrected chi connectivity index (χ4v) is 7.96. The number of fused-ring (bicyclic) bond motifs is 2. The first-order valence-electron chi connectivity index (χ1n) is 16.6. The number of rotatable bonds is 8. The minimum absolute atomic E-state index is 0.247. The number of hydrogen-bond donors (Lipinski definition) is 0. The molecule has 0 amide bonds. The molecule has 12 heteroatoms. The van der Waals surface area contributed by atoms with Crippen LogP contribution in [-0.2, 0) is 26.1 Å². The van der Waals surface area contributed by atoms with E-state index in [1.54, 1.807) is 13.1 Å². The normalized spacial score (nSPS) is 17.2. The molecule has 1 atom stereocenters. The summed E-state index contributed by atoms with van der Waals surface area (Å²) in [7, 11) is 1.93. The highest BCUT2D eigenvalue weighted by molar-refractivity contribution is 7.22. The van der Waals surface area contributed by atoms with Crippen molar-refractivity contribution in [2.45, 2.75) is 71.1 Å². The third kappa shape index (κ3) is 6.34. The lowest BCUT2D eigenvalue weighted by Gasteiger charge is -2.41. The third-order valence-corrected chi connectivity index (χ3v) is 10.5. The molecule has 0 N–H and O–H groups in total. The number of halogens is 1. The van der Waals surface area contributed by atoms with Gasteiger partial charge in [-0.25, -0.2) is 24.4 Å². The summed E-state index contributed by atoms with van der Waals surface area (Å²) in [4.78, 5) is 31.1. The highest BCUT2D eigenvalue weighted by Crippen LogP contribution is 2.45. The summed E-state index contributed by atoms with van der Waals surface area (Å²) in [6, 6.07) is 10.2. The van der Waals surface area contributed by atoms with Crippen molar-refractivity contribution >= 4 is 50.3 Å². The van der Waals surface area contributed by atoms with Crippen molar-refractivity contribution in [3.05, 3.63) is 58.4 Å². The number of piperidine rings is 1. The van der Waals surface area contributed by atoms with Gasteiger partial charge in [0.05, 0.1) is 53.6 Å². The van der Waals surface area contributed by atoms with Gasteiger partial charge < -0.3 is 14.2 Å². The van der Waals surface area contributed by atoms with E-state index in [9.17, 15) is 4.79 Å². The first kappa shape index (κ1) is 33.0. The number of carbonyl (C=O) groups excluding carboxylic acids is 1. The Hall–Kier alpha value is -3.48. The van der Waals surface area contributed by atoms with Gasteiger partial charge in [-0.05, 0) is 89.9 Å². The van der Waals surface area contributed by atoms with Crippen molar-refractivity contribution < 1.29 is 19.0 Å². The van der Waals surface area contributed by atoms with Crippen molar-refractivity contribution in [2.75, 3.05) is 32.9 Å². The average molecular weight is 689 g/mol. The highest BCUT2D eigenvalue weighted by atomic mass is 35.5. The lowest BCUT2D eigenvalue weighted by atomic mass is 9.91. The van der Waals surface area contributed by atoms with Crippen molar-refractivity contribution in [1.29, 1.82) is 0 Å². The number of aromatic nitrogens is 5. The molecule has 2 aliphatic rings. The molecule has 7 rings (SSSR count). The standard InChI is InChI=1S/C36H41ClN6O4S/c1-7-46-35(44)31(47-36(3,4)5)27-20(2)16-25-32(28(27)21-8-10-23(37)11-9-21)48-34(40-25)26-17-38-33-30(39-26)29(41-42(33)6)22-12-14-43(15-13-22)24-18-45-19-24/h8-11,16-17,22,24,31H,7,12-15,18-19H2,1-6H3/t31-/m0/s1. The van der Waals surface area contributed by atoms with Gasteiger partial charge in [0.15, 0.2) is 11.8 Å². The van der Waals surface area contributed by atoms with Crippen LogP contribution in [0.25, 0.3) is 43.2 Å². The number of aryl methyl sites for hydroxylation is 2. The van der Waals surface area contributed by atoms with E-state index in [0.717, 1.165) is 93.5 Å². The Morgan fingerprint density at radius 3 is 2.52 bits per heavy atom. The molecule has 0 aliphatic carbocycles. The lowest BCUT2D eigenvalue weighted by molar-refractivity contribution is -0.166. The zero-order valence-corrected chi connectivity index (χ0v) is 29.8. The van der Waals surface area contributed by atoms with Crippen molar-refractivity contribution in [1.82, 2.24) is 29.6 Å². The summed E-state index contributed by atoms with van der Waals surface area (Å²) in [5.74, 6) is -0.114. The molecule has 2 fully saturated rings. The van der Waals surface area contributed by atoms with Gasteiger partial charge in [-0.1, -0.05) is 23.7 Å². The van der Waals surface area contributed by atoms with E-state index in [1.165, 1.54) is 11.3 Å². The molecule has 252 valence electrons. The molecule has 0 spiro atoms. The fraction of sp³-hybridized carbons (Fsp3) is 0.472. The number of benzene rings is 2. The molecule has 2 aromatic carbocycles. The number of esters is 1. The van der Waals surface area contributed by atoms with Crippen LogP contribution in [0.2, 0.25) is 5.02 Å². The first-order chi connectivity index (χ1) is 23.0. The van der Waals surface area contributed by atoms with Gasteiger partial charge in [0, 0.05) is 29.1 Å². The zero-order valence-electron chi connectivity index (χ0n) is 28.2. The van der Waals surface area contributed by atoms with Crippen LogP contribution in [0.3, 0.4) is 0 Å². The quantitative estimate of drug-likeness (QED) is 0.156. The van der Waals surface area contributed by atoms with Crippen LogP contribution in [0.1, 0.15) is 69.4 Å². The number of hydrogen-bond acceptors (Lipinski definition) is 10. The SMILES string of the molecule is CCOC(=O)[C@@H](OC(C)(C)C)c1c(C)cc2nc(-c3cnc4c(n3)c(C3CCN(C5COC5)CC3)nn4C)sc2c1-c1ccc(Cl)cc1. The second-order valence-electron chi connectivity index (χ2n) is 13.7. The van der Waals surface area contributed by atoms with Crippen LogP contribution >= 0.6 is 22.9 Å². The Labute approximate surface area is 289 Å². The van der Waals surface area contributed by atoms with E-state index in [2.05, 4.69) is 4.90 Å². The molecule has 0 unspecified atom stereocenters.